The maximum atomic E-state index is 11.6. The van der Waals surface area contributed by atoms with E-state index >= 15 is 0 Å². The molecule has 2 atom stereocenters. The van der Waals surface area contributed by atoms with E-state index in [2.05, 4.69) is 19.2 Å². The molecule has 0 aromatic rings. The second kappa shape index (κ2) is 9.60. The van der Waals surface area contributed by atoms with Gasteiger partial charge < -0.3 is 15.8 Å². The summed E-state index contributed by atoms with van der Waals surface area (Å²) in [6, 6.07) is 0. The van der Waals surface area contributed by atoms with Crippen LogP contribution in [0.4, 0.5) is 0 Å². The van der Waals surface area contributed by atoms with Crippen LogP contribution < -0.4 is 11.1 Å². The molecule has 0 heterocycles. The van der Waals surface area contributed by atoms with Crippen LogP contribution in [0.1, 0.15) is 39.5 Å². The van der Waals surface area contributed by atoms with Gasteiger partial charge in [-0.2, -0.15) is 0 Å². The van der Waals surface area contributed by atoms with Crippen molar-refractivity contribution in [2.24, 2.45) is 11.7 Å². The molecule has 16 heavy (non-hydrogen) atoms. The van der Waals surface area contributed by atoms with Gasteiger partial charge in [0, 0.05) is 20.2 Å². The van der Waals surface area contributed by atoms with Crippen molar-refractivity contribution in [3.05, 3.63) is 0 Å². The zero-order chi connectivity index (χ0) is 12.4. The summed E-state index contributed by atoms with van der Waals surface area (Å²) in [6.07, 6.45) is 4.18. The number of ether oxygens (including phenoxy) is 1. The first kappa shape index (κ1) is 15.4. The number of nitrogens with one attached hydrogen (secondary N) is 1. The van der Waals surface area contributed by atoms with E-state index < -0.39 is 6.10 Å². The smallest absolute Gasteiger partial charge is 0.250 e. The molecule has 4 nitrogen and oxygen atoms in total. The zero-order valence-electron chi connectivity index (χ0n) is 10.8. The molecule has 0 aliphatic carbocycles. The molecule has 0 saturated carbocycles. The molecule has 0 aromatic carbocycles. The number of nitrogens with two attached hydrogens (primary N) is 1. The molecule has 0 fully saturated rings. The van der Waals surface area contributed by atoms with E-state index in [4.69, 9.17) is 10.5 Å². The standard InChI is InChI=1S/C12H26N2O2/c1-4-6-7-10(5-2)9-14-12(15)11(8-13)16-3/h10-11H,4-9,13H2,1-3H3,(H,14,15). The summed E-state index contributed by atoms with van der Waals surface area (Å²) >= 11 is 0. The fourth-order valence-corrected chi connectivity index (χ4v) is 1.61. The fraction of sp³-hybridized carbons (Fsp3) is 0.917. The number of amides is 1. The van der Waals surface area contributed by atoms with Gasteiger partial charge in [0.2, 0.25) is 5.91 Å². The number of hydrogen-bond acceptors (Lipinski definition) is 3. The lowest BCUT2D eigenvalue weighted by Gasteiger charge is -2.18. The lowest BCUT2D eigenvalue weighted by molar-refractivity contribution is -0.130. The number of carbonyl (C=O) groups is 1. The maximum absolute atomic E-state index is 11.6. The van der Waals surface area contributed by atoms with Crippen LogP contribution in [0, 0.1) is 5.92 Å². The molecule has 0 rings (SSSR count). The summed E-state index contributed by atoms with van der Waals surface area (Å²) in [5.74, 6) is 0.471. The second-order valence-electron chi connectivity index (χ2n) is 4.12. The summed E-state index contributed by atoms with van der Waals surface area (Å²) in [4.78, 5) is 11.6. The average molecular weight is 230 g/mol. The van der Waals surface area contributed by atoms with Crippen LogP contribution in [0.15, 0.2) is 0 Å². The van der Waals surface area contributed by atoms with E-state index in [-0.39, 0.29) is 12.5 Å². The largest absolute Gasteiger partial charge is 0.370 e. The van der Waals surface area contributed by atoms with Gasteiger partial charge in [-0.3, -0.25) is 4.79 Å². The predicted octanol–water partition coefficient (Wildman–Crippen LogP) is 1.29. The monoisotopic (exact) mass is 230 g/mol. The van der Waals surface area contributed by atoms with Gasteiger partial charge in [-0.15, -0.1) is 0 Å². The molecule has 0 radical (unpaired) electrons. The van der Waals surface area contributed by atoms with E-state index in [1.54, 1.807) is 0 Å². The van der Waals surface area contributed by atoms with Gasteiger partial charge in [-0.25, -0.2) is 0 Å². The van der Waals surface area contributed by atoms with E-state index in [1.165, 1.54) is 26.4 Å². The molecule has 2 unspecified atom stereocenters. The molecule has 3 N–H and O–H groups in total. The third kappa shape index (κ3) is 6.08. The first-order valence-corrected chi connectivity index (χ1v) is 6.20. The minimum absolute atomic E-state index is 0.0973. The van der Waals surface area contributed by atoms with Crippen molar-refractivity contribution in [3.8, 4) is 0 Å². The fourth-order valence-electron chi connectivity index (χ4n) is 1.61. The van der Waals surface area contributed by atoms with Crippen LogP contribution in [0.3, 0.4) is 0 Å². The van der Waals surface area contributed by atoms with Gasteiger partial charge >= 0.3 is 0 Å². The van der Waals surface area contributed by atoms with Crippen molar-refractivity contribution in [1.82, 2.24) is 5.32 Å². The molecule has 0 aromatic heterocycles. The predicted molar refractivity (Wildman–Crippen MR) is 66.2 cm³/mol. The molecule has 0 aliphatic rings. The number of rotatable bonds is 9. The Hall–Kier alpha value is -0.610. The molecule has 1 amide bonds. The Labute approximate surface area is 98.9 Å². The van der Waals surface area contributed by atoms with Gasteiger partial charge in [0.05, 0.1) is 0 Å². The quantitative estimate of drug-likeness (QED) is 0.627. The third-order valence-corrected chi connectivity index (χ3v) is 2.90. The van der Waals surface area contributed by atoms with Crippen molar-refractivity contribution < 1.29 is 9.53 Å². The summed E-state index contributed by atoms with van der Waals surface area (Å²) in [5.41, 5.74) is 5.42. The zero-order valence-corrected chi connectivity index (χ0v) is 10.8. The normalized spacial score (nSPS) is 14.5. The molecule has 0 bridgehead atoms. The van der Waals surface area contributed by atoms with Crippen molar-refractivity contribution in [2.75, 3.05) is 20.2 Å². The Bertz CT molecular complexity index is 182. The number of hydrogen-bond donors (Lipinski definition) is 2. The first-order valence-electron chi connectivity index (χ1n) is 6.20. The molecular weight excluding hydrogens is 204 g/mol. The van der Waals surface area contributed by atoms with Crippen molar-refractivity contribution in [1.29, 1.82) is 0 Å². The number of methoxy groups -OCH3 is 1. The van der Waals surface area contributed by atoms with Crippen LogP contribution in [0.2, 0.25) is 0 Å². The molecule has 0 aliphatic heterocycles. The number of unbranched alkanes of at least 4 members (excludes halogenated alkanes) is 1. The Morgan fingerprint density at radius 1 is 1.44 bits per heavy atom. The highest BCUT2D eigenvalue weighted by molar-refractivity contribution is 5.80. The molecule has 0 spiro atoms. The van der Waals surface area contributed by atoms with Crippen molar-refractivity contribution >= 4 is 5.91 Å². The summed E-state index contributed by atoms with van der Waals surface area (Å²) < 4.78 is 4.97. The van der Waals surface area contributed by atoms with E-state index in [9.17, 15) is 4.79 Å². The van der Waals surface area contributed by atoms with Gasteiger partial charge in [0.15, 0.2) is 0 Å². The lowest BCUT2D eigenvalue weighted by atomic mass is 9.99. The van der Waals surface area contributed by atoms with Gasteiger partial charge in [0.25, 0.3) is 0 Å². The number of carbonyl (C=O) groups excluding carboxylic acids is 1. The molecule has 4 heteroatoms. The Balaban J connectivity index is 3.86. The van der Waals surface area contributed by atoms with Gasteiger partial charge in [0.1, 0.15) is 6.10 Å². The van der Waals surface area contributed by atoms with Crippen LogP contribution in [-0.2, 0) is 9.53 Å². The minimum atomic E-state index is -0.510. The Morgan fingerprint density at radius 2 is 2.12 bits per heavy atom. The highest BCUT2D eigenvalue weighted by Gasteiger charge is 2.16. The van der Waals surface area contributed by atoms with Crippen LogP contribution in [0.5, 0.6) is 0 Å². The maximum Gasteiger partial charge on any atom is 0.250 e. The topological polar surface area (TPSA) is 64.4 Å². The van der Waals surface area contributed by atoms with Crippen molar-refractivity contribution in [2.45, 2.75) is 45.6 Å². The van der Waals surface area contributed by atoms with Gasteiger partial charge in [-0.1, -0.05) is 33.1 Å². The van der Waals surface area contributed by atoms with E-state index in [0.29, 0.717) is 5.92 Å². The Morgan fingerprint density at radius 3 is 2.56 bits per heavy atom. The van der Waals surface area contributed by atoms with Crippen molar-refractivity contribution in [3.63, 3.8) is 0 Å². The second-order valence-corrected chi connectivity index (χ2v) is 4.12. The summed E-state index contributed by atoms with van der Waals surface area (Å²) in [7, 11) is 1.51. The average Bonchev–Trinajstić information content (AvgIpc) is 2.31. The van der Waals surface area contributed by atoms with Crippen LogP contribution in [0.25, 0.3) is 0 Å². The van der Waals surface area contributed by atoms with Crippen LogP contribution in [-0.4, -0.2) is 32.2 Å². The third-order valence-electron chi connectivity index (χ3n) is 2.90. The molecular formula is C12H26N2O2. The highest BCUT2D eigenvalue weighted by atomic mass is 16.5. The lowest BCUT2D eigenvalue weighted by Crippen LogP contribution is -2.42. The first-order chi connectivity index (χ1) is 7.69. The highest BCUT2D eigenvalue weighted by Crippen LogP contribution is 2.11. The SMILES string of the molecule is CCCCC(CC)CNC(=O)C(CN)OC. The van der Waals surface area contributed by atoms with E-state index in [0.717, 1.165) is 13.0 Å². The summed E-state index contributed by atoms with van der Waals surface area (Å²) in [5, 5.41) is 2.90. The van der Waals surface area contributed by atoms with Gasteiger partial charge in [-0.05, 0) is 12.3 Å². The molecule has 0 saturated heterocycles. The summed E-state index contributed by atoms with van der Waals surface area (Å²) in [6.45, 7) is 5.30. The molecule has 96 valence electrons. The van der Waals surface area contributed by atoms with Crippen LogP contribution >= 0.6 is 0 Å². The van der Waals surface area contributed by atoms with E-state index in [1.807, 2.05) is 0 Å². The Kier molecular flexibility index (Phi) is 9.24. The minimum Gasteiger partial charge on any atom is -0.370 e.